The SMILES string of the molecule is [2H]NC(=O)c1nc(S(C)(=O)=O)oc1-c1ccc(F)cc1. The summed E-state index contributed by atoms with van der Waals surface area (Å²) in [7, 11) is -3.76. The number of oxazole rings is 1. The van der Waals surface area contributed by atoms with Crippen LogP contribution in [-0.4, -0.2) is 25.6 Å². The minimum Gasteiger partial charge on any atom is -0.427 e. The lowest BCUT2D eigenvalue weighted by Crippen LogP contribution is -2.13. The van der Waals surface area contributed by atoms with E-state index in [1.807, 2.05) is 0 Å². The lowest BCUT2D eigenvalue weighted by atomic mass is 10.1. The Morgan fingerprint density at radius 1 is 1.42 bits per heavy atom. The molecule has 0 aliphatic carbocycles. The zero-order valence-corrected chi connectivity index (χ0v) is 10.5. The number of aromatic nitrogens is 1. The van der Waals surface area contributed by atoms with Crippen LogP contribution in [0.5, 0.6) is 0 Å². The van der Waals surface area contributed by atoms with Crippen LogP contribution in [0.1, 0.15) is 10.5 Å². The van der Waals surface area contributed by atoms with Gasteiger partial charge >= 0.3 is 5.22 Å². The van der Waals surface area contributed by atoms with Crippen LogP contribution >= 0.6 is 0 Å². The number of halogens is 1. The minimum atomic E-state index is -3.76. The van der Waals surface area contributed by atoms with E-state index in [0.717, 1.165) is 18.4 Å². The van der Waals surface area contributed by atoms with Gasteiger partial charge in [0.1, 0.15) is 5.82 Å². The van der Waals surface area contributed by atoms with E-state index in [1.54, 1.807) is 5.73 Å². The van der Waals surface area contributed by atoms with Crippen molar-refractivity contribution in [3.05, 3.63) is 35.8 Å². The number of benzene rings is 1. The fourth-order valence-corrected chi connectivity index (χ4v) is 1.90. The first-order valence-corrected chi connectivity index (χ1v) is 6.91. The molecule has 0 unspecified atom stereocenters. The van der Waals surface area contributed by atoms with Gasteiger partial charge in [0.2, 0.25) is 9.84 Å². The lowest BCUT2D eigenvalue weighted by molar-refractivity contribution is 0.0996. The summed E-state index contributed by atoms with van der Waals surface area (Å²) in [5.74, 6) is -1.57. The molecule has 0 spiro atoms. The van der Waals surface area contributed by atoms with Crippen LogP contribution < -0.4 is 5.73 Å². The van der Waals surface area contributed by atoms with Crippen LogP contribution in [0, 0.1) is 5.82 Å². The number of carbonyl (C=O) groups is 1. The van der Waals surface area contributed by atoms with E-state index in [4.69, 9.17) is 5.83 Å². The summed E-state index contributed by atoms with van der Waals surface area (Å²) in [6.45, 7) is 0. The largest absolute Gasteiger partial charge is 0.427 e. The highest BCUT2D eigenvalue weighted by Crippen LogP contribution is 2.26. The molecule has 0 radical (unpaired) electrons. The minimum absolute atomic E-state index is 0.143. The highest BCUT2D eigenvalue weighted by molar-refractivity contribution is 7.90. The molecule has 0 fully saturated rings. The number of nitrogens with zero attached hydrogens (tertiary/aromatic N) is 1. The van der Waals surface area contributed by atoms with Crippen molar-refractivity contribution in [3.8, 4) is 11.3 Å². The van der Waals surface area contributed by atoms with Crippen molar-refractivity contribution < 1.29 is 23.4 Å². The third-order valence-corrected chi connectivity index (χ3v) is 3.06. The number of carbonyl (C=O) groups excluding carboxylic acids is 1. The zero-order chi connectivity index (χ0) is 14.9. The summed E-state index contributed by atoms with van der Waals surface area (Å²) in [4.78, 5) is 15.1. The zero-order valence-electron chi connectivity index (χ0n) is 10.7. The summed E-state index contributed by atoms with van der Waals surface area (Å²) in [5, 5.41) is -0.643. The van der Waals surface area contributed by atoms with Crippen LogP contribution in [0.3, 0.4) is 0 Å². The summed E-state index contributed by atoms with van der Waals surface area (Å²) in [6.07, 6.45) is 0.871. The Kier molecular flexibility index (Phi) is 2.79. The van der Waals surface area contributed by atoms with Gasteiger partial charge in [0.25, 0.3) is 5.91 Å². The van der Waals surface area contributed by atoms with Gasteiger partial charge in [0, 0.05) is 11.8 Å². The normalized spacial score (nSPS) is 12.0. The molecule has 2 rings (SSSR count). The lowest BCUT2D eigenvalue weighted by Gasteiger charge is -1.97. The third kappa shape index (κ3) is 2.63. The van der Waals surface area contributed by atoms with Gasteiger partial charge in [-0.2, -0.15) is 4.98 Å². The van der Waals surface area contributed by atoms with E-state index in [2.05, 4.69) is 4.98 Å². The van der Waals surface area contributed by atoms with Crippen molar-refractivity contribution >= 4 is 15.7 Å². The van der Waals surface area contributed by atoms with Gasteiger partial charge in [0.15, 0.2) is 12.9 Å². The molecule has 6 nitrogen and oxygen atoms in total. The van der Waals surface area contributed by atoms with E-state index in [-0.39, 0.29) is 17.0 Å². The van der Waals surface area contributed by atoms with Gasteiger partial charge in [-0.3, -0.25) is 4.79 Å². The van der Waals surface area contributed by atoms with Crippen LogP contribution in [-0.2, 0) is 9.84 Å². The molecule has 100 valence electrons. The highest BCUT2D eigenvalue weighted by atomic mass is 32.2. The van der Waals surface area contributed by atoms with E-state index < -0.39 is 26.8 Å². The number of primary amides is 1. The summed E-state index contributed by atoms with van der Waals surface area (Å²) < 4.78 is 47.5. The number of sulfone groups is 1. The molecule has 2 N–H and O–H groups in total. The predicted octanol–water partition coefficient (Wildman–Crippen LogP) is 0.983. The van der Waals surface area contributed by atoms with Gasteiger partial charge in [-0.1, -0.05) is 0 Å². The summed E-state index contributed by atoms with van der Waals surface area (Å²) >= 11 is 0. The number of nitrogens with two attached hydrogens (primary N) is 1. The first-order valence-electron chi connectivity index (χ1n) is 5.52. The fourth-order valence-electron chi connectivity index (χ4n) is 1.41. The smallest absolute Gasteiger partial charge is 0.315 e. The van der Waals surface area contributed by atoms with E-state index in [0.29, 0.717) is 0 Å². The quantitative estimate of drug-likeness (QED) is 0.905. The molecule has 19 heavy (non-hydrogen) atoms. The monoisotopic (exact) mass is 285 g/mol. The van der Waals surface area contributed by atoms with Crippen LogP contribution in [0.15, 0.2) is 33.9 Å². The average Bonchev–Trinajstić information content (AvgIpc) is 2.83. The molecule has 0 saturated heterocycles. The number of hydrogen-bond donors (Lipinski definition) is 1. The third-order valence-electron chi connectivity index (χ3n) is 2.25. The molecule has 8 heteroatoms. The van der Waals surface area contributed by atoms with Gasteiger partial charge in [0.05, 0.1) is 0 Å². The molecule has 0 bridgehead atoms. The van der Waals surface area contributed by atoms with E-state index >= 15 is 0 Å². The maximum Gasteiger partial charge on any atom is 0.315 e. The first-order chi connectivity index (χ1) is 9.32. The van der Waals surface area contributed by atoms with Crippen molar-refractivity contribution in [1.82, 2.24) is 4.98 Å². The summed E-state index contributed by atoms with van der Waals surface area (Å²) in [5.41, 5.74) is 1.50. The molecule has 1 amide bonds. The van der Waals surface area contributed by atoms with Crippen LogP contribution in [0.4, 0.5) is 4.39 Å². The second-order valence-electron chi connectivity index (χ2n) is 3.77. The molecule has 2 aromatic rings. The predicted molar refractivity (Wildman–Crippen MR) is 63.5 cm³/mol. The Morgan fingerprint density at radius 3 is 2.58 bits per heavy atom. The number of amides is 1. The molecule has 0 aliphatic heterocycles. The van der Waals surface area contributed by atoms with Crippen molar-refractivity contribution in [2.24, 2.45) is 5.73 Å². The first kappa shape index (κ1) is 11.8. The standard InChI is InChI=1S/C11H9FN2O4S/c1-19(16,17)11-14-8(10(13)15)9(18-11)6-2-4-7(12)5-3-6/h2-5H,1H3,(H2,13,15)/i/hD. The molecule has 1 heterocycles. The van der Waals surface area contributed by atoms with Crippen molar-refractivity contribution in [2.75, 3.05) is 6.26 Å². The molecule has 0 atom stereocenters. The van der Waals surface area contributed by atoms with Crippen molar-refractivity contribution in [1.29, 1.82) is 0 Å². The topological polar surface area (TPSA) is 103 Å². The highest BCUT2D eigenvalue weighted by Gasteiger charge is 2.24. The Labute approximate surface area is 109 Å². The van der Waals surface area contributed by atoms with Crippen molar-refractivity contribution in [3.63, 3.8) is 0 Å². The summed E-state index contributed by atoms with van der Waals surface area (Å²) in [6, 6.07) is 4.87. The number of rotatable bonds is 3. The molecule has 1 aromatic carbocycles. The molecule has 1 aromatic heterocycles. The molecular weight excluding hydrogens is 275 g/mol. The Balaban J connectivity index is 2.64. The van der Waals surface area contributed by atoms with E-state index in [1.165, 1.54) is 12.1 Å². The van der Waals surface area contributed by atoms with Crippen molar-refractivity contribution in [2.45, 2.75) is 5.22 Å². The molecular formula is C11H9FN2O4S. The average molecular weight is 285 g/mol. The Bertz CT molecular complexity index is 755. The molecule has 0 aliphatic rings. The maximum atomic E-state index is 12.9. The second kappa shape index (κ2) is 4.47. The van der Waals surface area contributed by atoms with Gasteiger partial charge in [-0.15, -0.1) is 0 Å². The fraction of sp³-hybridized carbons (Fsp3) is 0.0909. The maximum absolute atomic E-state index is 12.9. The van der Waals surface area contributed by atoms with Crippen LogP contribution in [0.25, 0.3) is 11.3 Å². The van der Waals surface area contributed by atoms with E-state index in [9.17, 15) is 17.6 Å². The van der Waals surface area contributed by atoms with Gasteiger partial charge in [-0.05, 0) is 24.3 Å². The Hall–Kier alpha value is -2.22. The molecule has 0 saturated carbocycles. The Morgan fingerprint density at radius 2 is 2.05 bits per heavy atom. The van der Waals surface area contributed by atoms with Gasteiger partial charge in [-0.25, -0.2) is 12.8 Å². The van der Waals surface area contributed by atoms with Crippen LogP contribution in [0.2, 0.25) is 1.41 Å². The van der Waals surface area contributed by atoms with Gasteiger partial charge < -0.3 is 10.1 Å². The number of hydrogen-bond acceptors (Lipinski definition) is 5. The second-order valence-corrected chi connectivity index (χ2v) is 5.66.